The summed E-state index contributed by atoms with van der Waals surface area (Å²) in [6.45, 7) is 2.56. The van der Waals surface area contributed by atoms with Gasteiger partial charge in [-0.2, -0.15) is 5.26 Å². The van der Waals surface area contributed by atoms with E-state index in [2.05, 4.69) is 16.3 Å². The molecule has 1 heterocycles. The number of likely N-dealkylation sites (tertiary alicyclic amines) is 1. The van der Waals surface area contributed by atoms with Crippen molar-refractivity contribution in [3.63, 3.8) is 0 Å². The Balaban J connectivity index is 1.61. The van der Waals surface area contributed by atoms with Crippen LogP contribution in [-0.4, -0.2) is 37.2 Å². The van der Waals surface area contributed by atoms with Crippen LogP contribution in [0, 0.1) is 11.3 Å². The van der Waals surface area contributed by atoms with Crippen LogP contribution in [0.15, 0.2) is 12.1 Å². The summed E-state index contributed by atoms with van der Waals surface area (Å²) in [4.78, 5) is 2.66. The van der Waals surface area contributed by atoms with E-state index in [0.717, 1.165) is 11.7 Å². The zero-order valence-electron chi connectivity index (χ0n) is 13.6. The number of rotatable bonds is 4. The highest BCUT2D eigenvalue weighted by Gasteiger charge is 2.27. The Bertz CT molecular complexity index is 585. The van der Waals surface area contributed by atoms with E-state index >= 15 is 0 Å². The highest BCUT2D eigenvalue weighted by molar-refractivity contribution is 6.33. The molecule has 2 fully saturated rings. The van der Waals surface area contributed by atoms with Crippen LogP contribution in [0.5, 0.6) is 5.75 Å². The van der Waals surface area contributed by atoms with Crippen molar-refractivity contribution in [3.8, 4) is 11.8 Å². The van der Waals surface area contributed by atoms with Gasteiger partial charge in [-0.05, 0) is 57.7 Å². The van der Waals surface area contributed by atoms with Crippen LogP contribution in [0.25, 0.3) is 0 Å². The molecular weight excluding hydrogens is 310 g/mol. The molecule has 1 aromatic carbocycles. The first-order valence-corrected chi connectivity index (χ1v) is 8.87. The van der Waals surface area contributed by atoms with Crippen LogP contribution in [0.3, 0.4) is 0 Å². The van der Waals surface area contributed by atoms with E-state index in [1.165, 1.54) is 51.6 Å². The first-order chi connectivity index (χ1) is 11.2. The standard InChI is InChI=1S/C18H24ClN3O/c1-23-18-11-17(16(19)10-13(18)12-20)21-14-4-6-15(7-5-14)22-8-2-3-9-22/h10-11,14-15,21H,2-9H2,1H3. The number of hydrogen-bond donors (Lipinski definition) is 1. The predicted molar refractivity (Wildman–Crippen MR) is 93.2 cm³/mol. The van der Waals surface area contributed by atoms with E-state index in [1.54, 1.807) is 13.2 Å². The van der Waals surface area contributed by atoms with Crippen molar-refractivity contribution >= 4 is 17.3 Å². The molecule has 0 radical (unpaired) electrons. The van der Waals surface area contributed by atoms with E-state index in [4.69, 9.17) is 21.6 Å². The highest BCUT2D eigenvalue weighted by atomic mass is 35.5. The summed E-state index contributed by atoms with van der Waals surface area (Å²) in [5.41, 5.74) is 1.34. The van der Waals surface area contributed by atoms with E-state index in [9.17, 15) is 0 Å². The van der Waals surface area contributed by atoms with Gasteiger partial charge in [0.25, 0.3) is 0 Å². The SMILES string of the molecule is COc1cc(NC2CCC(N3CCCC3)CC2)c(Cl)cc1C#N. The number of benzene rings is 1. The molecule has 1 saturated heterocycles. The van der Waals surface area contributed by atoms with Crippen molar-refractivity contribution in [2.24, 2.45) is 0 Å². The number of ether oxygens (including phenoxy) is 1. The van der Waals surface area contributed by atoms with Crippen molar-refractivity contribution in [2.75, 3.05) is 25.5 Å². The lowest BCUT2D eigenvalue weighted by Gasteiger charge is -2.35. The molecular formula is C18H24ClN3O. The van der Waals surface area contributed by atoms with Crippen LogP contribution in [-0.2, 0) is 0 Å². The maximum atomic E-state index is 9.11. The maximum Gasteiger partial charge on any atom is 0.138 e. The average Bonchev–Trinajstić information content (AvgIpc) is 3.11. The average molecular weight is 334 g/mol. The van der Waals surface area contributed by atoms with E-state index in [-0.39, 0.29) is 0 Å². The number of methoxy groups -OCH3 is 1. The van der Waals surface area contributed by atoms with Gasteiger partial charge in [0, 0.05) is 18.2 Å². The molecule has 1 aromatic rings. The Hall–Kier alpha value is -1.44. The molecule has 2 aliphatic rings. The quantitative estimate of drug-likeness (QED) is 0.903. The Morgan fingerprint density at radius 1 is 1.22 bits per heavy atom. The van der Waals surface area contributed by atoms with Gasteiger partial charge in [-0.15, -0.1) is 0 Å². The fraction of sp³-hybridized carbons (Fsp3) is 0.611. The second-order valence-corrected chi connectivity index (χ2v) is 6.94. The number of nitrogens with zero attached hydrogens (tertiary/aromatic N) is 2. The van der Waals surface area contributed by atoms with Gasteiger partial charge in [0.2, 0.25) is 0 Å². The molecule has 124 valence electrons. The minimum Gasteiger partial charge on any atom is -0.495 e. The lowest BCUT2D eigenvalue weighted by atomic mass is 9.90. The van der Waals surface area contributed by atoms with Crippen molar-refractivity contribution in [1.82, 2.24) is 4.90 Å². The van der Waals surface area contributed by atoms with Crippen LogP contribution in [0.1, 0.15) is 44.1 Å². The molecule has 0 aromatic heterocycles. The summed E-state index contributed by atoms with van der Waals surface area (Å²) in [5.74, 6) is 0.574. The maximum absolute atomic E-state index is 9.11. The molecule has 0 bridgehead atoms. The smallest absolute Gasteiger partial charge is 0.138 e. The van der Waals surface area contributed by atoms with Gasteiger partial charge in [0.1, 0.15) is 11.8 Å². The second-order valence-electron chi connectivity index (χ2n) is 6.54. The molecule has 1 N–H and O–H groups in total. The molecule has 5 heteroatoms. The molecule has 1 saturated carbocycles. The summed E-state index contributed by atoms with van der Waals surface area (Å²) in [5, 5.41) is 13.2. The van der Waals surface area contributed by atoms with E-state index in [1.807, 2.05) is 6.07 Å². The largest absolute Gasteiger partial charge is 0.495 e. The van der Waals surface area contributed by atoms with Crippen molar-refractivity contribution in [3.05, 3.63) is 22.7 Å². The van der Waals surface area contributed by atoms with Gasteiger partial charge in [-0.25, -0.2) is 0 Å². The minimum atomic E-state index is 0.448. The molecule has 1 aliphatic carbocycles. The van der Waals surface area contributed by atoms with Crippen LogP contribution in [0.2, 0.25) is 5.02 Å². The molecule has 0 amide bonds. The Kier molecular flexibility index (Phi) is 5.30. The van der Waals surface area contributed by atoms with E-state index in [0.29, 0.717) is 22.4 Å². The molecule has 4 nitrogen and oxygen atoms in total. The first-order valence-electron chi connectivity index (χ1n) is 8.49. The first kappa shape index (κ1) is 16.4. The topological polar surface area (TPSA) is 48.3 Å². The zero-order valence-corrected chi connectivity index (χ0v) is 14.4. The number of anilines is 1. The Morgan fingerprint density at radius 2 is 1.91 bits per heavy atom. The third kappa shape index (κ3) is 3.73. The fourth-order valence-electron chi connectivity index (χ4n) is 3.83. The van der Waals surface area contributed by atoms with Gasteiger partial charge >= 0.3 is 0 Å². The fourth-order valence-corrected chi connectivity index (χ4v) is 4.05. The van der Waals surface area contributed by atoms with Gasteiger partial charge in [-0.1, -0.05) is 11.6 Å². The summed E-state index contributed by atoms with van der Waals surface area (Å²) < 4.78 is 5.28. The lowest BCUT2D eigenvalue weighted by molar-refractivity contribution is 0.186. The molecule has 0 unspecified atom stereocenters. The van der Waals surface area contributed by atoms with Gasteiger partial charge in [-0.3, -0.25) is 0 Å². The minimum absolute atomic E-state index is 0.448. The van der Waals surface area contributed by atoms with Crippen LogP contribution < -0.4 is 10.1 Å². The third-order valence-corrected chi connectivity index (χ3v) is 5.44. The van der Waals surface area contributed by atoms with Crippen LogP contribution >= 0.6 is 11.6 Å². The molecule has 1 aliphatic heterocycles. The normalized spacial score (nSPS) is 25.1. The number of hydrogen-bond acceptors (Lipinski definition) is 4. The molecule has 23 heavy (non-hydrogen) atoms. The van der Waals surface area contributed by atoms with Crippen molar-refractivity contribution < 1.29 is 4.74 Å². The van der Waals surface area contributed by atoms with E-state index < -0.39 is 0 Å². The molecule has 0 spiro atoms. The highest BCUT2D eigenvalue weighted by Crippen LogP contribution is 2.33. The lowest BCUT2D eigenvalue weighted by Crippen LogP contribution is -2.38. The molecule has 3 rings (SSSR count). The van der Waals surface area contributed by atoms with Crippen molar-refractivity contribution in [2.45, 2.75) is 50.6 Å². The number of nitrogens with one attached hydrogen (secondary N) is 1. The number of nitriles is 1. The summed E-state index contributed by atoms with van der Waals surface area (Å²) in [7, 11) is 1.58. The van der Waals surface area contributed by atoms with Gasteiger partial charge in [0.15, 0.2) is 0 Å². The zero-order chi connectivity index (χ0) is 16.2. The monoisotopic (exact) mass is 333 g/mol. The summed E-state index contributed by atoms with van der Waals surface area (Å²) in [6, 6.07) is 6.85. The predicted octanol–water partition coefficient (Wildman–Crippen LogP) is 4.04. The second kappa shape index (κ2) is 7.42. The molecule has 0 atom stereocenters. The third-order valence-electron chi connectivity index (χ3n) is 5.12. The van der Waals surface area contributed by atoms with Crippen molar-refractivity contribution in [1.29, 1.82) is 5.26 Å². The Morgan fingerprint density at radius 3 is 2.52 bits per heavy atom. The van der Waals surface area contributed by atoms with Gasteiger partial charge in [0.05, 0.1) is 23.4 Å². The van der Waals surface area contributed by atoms with Crippen LogP contribution in [0.4, 0.5) is 5.69 Å². The number of halogens is 1. The summed E-state index contributed by atoms with van der Waals surface area (Å²) >= 11 is 6.31. The summed E-state index contributed by atoms with van der Waals surface area (Å²) in [6.07, 6.45) is 7.56. The van der Waals surface area contributed by atoms with Gasteiger partial charge < -0.3 is 15.0 Å². The Labute approximate surface area is 143 Å².